The number of methoxy groups -OCH3 is 1. The second-order valence-electron chi connectivity index (χ2n) is 4.45. The lowest BCUT2D eigenvalue weighted by molar-refractivity contribution is 0.412. The second-order valence-corrected chi connectivity index (χ2v) is 5.31. The van der Waals surface area contributed by atoms with Crippen LogP contribution in [0.4, 0.5) is 5.69 Å². The minimum Gasteiger partial charge on any atom is -0.497 e. The molecule has 0 aliphatic rings. The van der Waals surface area contributed by atoms with Gasteiger partial charge in [-0.2, -0.15) is 0 Å². The van der Waals surface area contributed by atoms with Gasteiger partial charge in [0.25, 0.3) is 0 Å². The Bertz CT molecular complexity index is 805. The third-order valence-electron chi connectivity index (χ3n) is 3.12. The fraction of sp³-hybridized carbons (Fsp3) is 0.0625. The number of benzene rings is 2. The molecule has 2 N–H and O–H groups in total. The summed E-state index contributed by atoms with van der Waals surface area (Å²) in [5, 5.41) is 0.875. The largest absolute Gasteiger partial charge is 0.497 e. The summed E-state index contributed by atoms with van der Waals surface area (Å²) in [5.74, 6) is 2.17. The van der Waals surface area contributed by atoms with E-state index < -0.39 is 0 Å². The number of hydrogen-bond acceptors (Lipinski definition) is 4. The van der Waals surface area contributed by atoms with Crippen molar-refractivity contribution >= 4 is 32.5 Å². The van der Waals surface area contributed by atoms with Crippen LogP contribution in [0.5, 0.6) is 17.2 Å². The van der Waals surface area contributed by atoms with Crippen molar-refractivity contribution in [2.45, 2.75) is 0 Å². The molecule has 106 valence electrons. The highest BCUT2D eigenvalue weighted by Crippen LogP contribution is 2.36. The van der Waals surface area contributed by atoms with E-state index in [1.807, 2.05) is 36.4 Å². The first-order valence-corrected chi connectivity index (χ1v) is 7.13. The van der Waals surface area contributed by atoms with Crippen molar-refractivity contribution in [2.24, 2.45) is 0 Å². The van der Waals surface area contributed by atoms with Crippen molar-refractivity contribution in [1.82, 2.24) is 4.98 Å². The van der Waals surface area contributed by atoms with Gasteiger partial charge in [0.2, 0.25) is 0 Å². The Hall–Kier alpha value is -2.27. The molecule has 0 spiro atoms. The first kappa shape index (κ1) is 13.7. The SMILES string of the molecule is COc1ccc(Oc2ccc(N)c3ncccc23)c(Br)c1. The average molecular weight is 345 g/mol. The van der Waals surface area contributed by atoms with Crippen molar-refractivity contribution in [3.05, 3.63) is 53.1 Å². The van der Waals surface area contributed by atoms with Crippen molar-refractivity contribution in [3.8, 4) is 17.2 Å². The Labute approximate surface area is 130 Å². The van der Waals surface area contributed by atoms with Crippen molar-refractivity contribution < 1.29 is 9.47 Å². The van der Waals surface area contributed by atoms with Gasteiger partial charge in [0.15, 0.2) is 0 Å². The number of fused-ring (bicyclic) bond motifs is 1. The molecule has 2 aromatic carbocycles. The number of halogens is 1. The maximum absolute atomic E-state index is 5.98. The molecule has 0 atom stereocenters. The predicted octanol–water partition coefficient (Wildman–Crippen LogP) is 4.38. The van der Waals surface area contributed by atoms with Gasteiger partial charge < -0.3 is 15.2 Å². The van der Waals surface area contributed by atoms with Gasteiger partial charge in [0.1, 0.15) is 17.2 Å². The van der Waals surface area contributed by atoms with Gasteiger partial charge in [0, 0.05) is 11.6 Å². The molecule has 1 aromatic heterocycles. The zero-order valence-corrected chi connectivity index (χ0v) is 12.9. The van der Waals surface area contributed by atoms with E-state index in [-0.39, 0.29) is 0 Å². The van der Waals surface area contributed by atoms with Crippen LogP contribution in [0.2, 0.25) is 0 Å². The Morgan fingerprint density at radius 2 is 1.90 bits per heavy atom. The van der Waals surface area contributed by atoms with E-state index in [1.165, 1.54) is 0 Å². The van der Waals surface area contributed by atoms with Gasteiger partial charge >= 0.3 is 0 Å². The monoisotopic (exact) mass is 344 g/mol. The summed E-state index contributed by atoms with van der Waals surface area (Å²) in [6.45, 7) is 0. The van der Waals surface area contributed by atoms with Crippen LogP contribution in [-0.2, 0) is 0 Å². The molecule has 0 saturated carbocycles. The molecule has 0 saturated heterocycles. The lowest BCUT2D eigenvalue weighted by atomic mass is 10.1. The number of rotatable bonds is 3. The van der Waals surface area contributed by atoms with Gasteiger partial charge in [-0.05, 0) is 58.4 Å². The number of pyridine rings is 1. The molecule has 5 heteroatoms. The fourth-order valence-electron chi connectivity index (χ4n) is 2.07. The van der Waals surface area contributed by atoms with Crippen LogP contribution in [0.25, 0.3) is 10.9 Å². The zero-order valence-electron chi connectivity index (χ0n) is 11.3. The van der Waals surface area contributed by atoms with E-state index in [9.17, 15) is 0 Å². The number of nitrogen functional groups attached to an aromatic ring is 1. The fourth-order valence-corrected chi connectivity index (χ4v) is 2.51. The Kier molecular flexibility index (Phi) is 3.66. The van der Waals surface area contributed by atoms with E-state index in [0.717, 1.165) is 21.1 Å². The molecule has 1 heterocycles. The molecule has 0 bridgehead atoms. The van der Waals surface area contributed by atoms with E-state index in [2.05, 4.69) is 20.9 Å². The maximum atomic E-state index is 5.98. The van der Waals surface area contributed by atoms with E-state index in [0.29, 0.717) is 17.2 Å². The Balaban J connectivity index is 2.04. The highest BCUT2D eigenvalue weighted by atomic mass is 79.9. The highest BCUT2D eigenvalue weighted by Gasteiger charge is 2.09. The Morgan fingerprint density at radius 3 is 2.67 bits per heavy atom. The lowest BCUT2D eigenvalue weighted by Gasteiger charge is -2.12. The van der Waals surface area contributed by atoms with Crippen molar-refractivity contribution in [3.63, 3.8) is 0 Å². The molecule has 3 aromatic rings. The molecule has 0 radical (unpaired) electrons. The summed E-state index contributed by atoms with van der Waals surface area (Å²) in [4.78, 5) is 4.30. The standard InChI is InChI=1S/C16H13BrN2O2/c1-20-10-4-6-15(12(17)9-10)21-14-7-5-13(18)16-11(14)3-2-8-19-16/h2-9H,18H2,1H3. The highest BCUT2D eigenvalue weighted by molar-refractivity contribution is 9.10. The second kappa shape index (κ2) is 5.61. The molecule has 21 heavy (non-hydrogen) atoms. The van der Waals surface area contributed by atoms with E-state index in [1.54, 1.807) is 19.4 Å². The smallest absolute Gasteiger partial charge is 0.141 e. The van der Waals surface area contributed by atoms with Crippen LogP contribution in [0.15, 0.2) is 53.1 Å². The van der Waals surface area contributed by atoms with E-state index >= 15 is 0 Å². The molecule has 0 unspecified atom stereocenters. The lowest BCUT2D eigenvalue weighted by Crippen LogP contribution is -1.93. The summed E-state index contributed by atoms with van der Waals surface area (Å²) in [6.07, 6.45) is 1.71. The third-order valence-corrected chi connectivity index (χ3v) is 3.74. The molecule has 3 rings (SSSR count). The topological polar surface area (TPSA) is 57.4 Å². The predicted molar refractivity (Wildman–Crippen MR) is 86.9 cm³/mol. The quantitative estimate of drug-likeness (QED) is 0.716. The van der Waals surface area contributed by atoms with Gasteiger partial charge in [-0.3, -0.25) is 4.98 Å². The van der Waals surface area contributed by atoms with Gasteiger partial charge in [-0.25, -0.2) is 0 Å². The van der Waals surface area contributed by atoms with Gasteiger partial charge in [0.05, 0.1) is 22.8 Å². The van der Waals surface area contributed by atoms with Gasteiger partial charge in [-0.15, -0.1) is 0 Å². The maximum Gasteiger partial charge on any atom is 0.141 e. The van der Waals surface area contributed by atoms with Crippen LogP contribution in [0.3, 0.4) is 0 Å². The number of nitrogens with two attached hydrogens (primary N) is 1. The minimum atomic E-state index is 0.631. The molecular formula is C16H13BrN2O2. The van der Waals surface area contributed by atoms with Crippen LogP contribution < -0.4 is 15.2 Å². The molecule has 0 aliphatic carbocycles. The summed E-state index contributed by atoms with van der Waals surface area (Å²) in [5.41, 5.74) is 7.31. The van der Waals surface area contributed by atoms with Crippen LogP contribution in [-0.4, -0.2) is 12.1 Å². The molecule has 0 amide bonds. The first-order valence-electron chi connectivity index (χ1n) is 6.33. The molecule has 0 fully saturated rings. The summed E-state index contributed by atoms with van der Waals surface area (Å²) < 4.78 is 12.0. The number of hydrogen-bond donors (Lipinski definition) is 1. The molecule has 4 nitrogen and oxygen atoms in total. The summed E-state index contributed by atoms with van der Waals surface area (Å²) in [7, 11) is 1.63. The normalized spacial score (nSPS) is 10.6. The van der Waals surface area contributed by atoms with Crippen LogP contribution in [0, 0.1) is 0 Å². The van der Waals surface area contributed by atoms with Crippen molar-refractivity contribution in [2.75, 3.05) is 12.8 Å². The van der Waals surface area contributed by atoms with Crippen LogP contribution >= 0.6 is 15.9 Å². The average Bonchev–Trinajstić information content (AvgIpc) is 2.52. The summed E-state index contributed by atoms with van der Waals surface area (Å²) >= 11 is 3.48. The zero-order chi connectivity index (χ0) is 14.8. The molecule has 0 aliphatic heterocycles. The van der Waals surface area contributed by atoms with Crippen LogP contribution in [0.1, 0.15) is 0 Å². The Morgan fingerprint density at radius 1 is 1.10 bits per heavy atom. The number of anilines is 1. The first-order chi connectivity index (χ1) is 10.2. The number of ether oxygens (including phenoxy) is 2. The van der Waals surface area contributed by atoms with Crippen molar-refractivity contribution in [1.29, 1.82) is 0 Å². The number of aromatic nitrogens is 1. The number of nitrogens with zero attached hydrogens (tertiary/aromatic N) is 1. The van der Waals surface area contributed by atoms with Gasteiger partial charge in [-0.1, -0.05) is 0 Å². The minimum absolute atomic E-state index is 0.631. The summed E-state index contributed by atoms with van der Waals surface area (Å²) in [6, 6.07) is 13.0. The van der Waals surface area contributed by atoms with E-state index in [4.69, 9.17) is 15.2 Å². The molecular weight excluding hydrogens is 332 g/mol. The third kappa shape index (κ3) is 2.64.